The van der Waals surface area contributed by atoms with Crippen molar-refractivity contribution in [2.24, 2.45) is 5.92 Å². The zero-order valence-corrected chi connectivity index (χ0v) is 8.30. The maximum absolute atomic E-state index is 2.57. The van der Waals surface area contributed by atoms with Gasteiger partial charge in [0.15, 0.2) is 7.98 Å². The largest absolute Gasteiger partial charge is 0.343 e. The third kappa shape index (κ3) is 1.61. The third-order valence-electron chi connectivity index (χ3n) is 3.29. The standard InChI is InChI=1S/C9H20BN/c1-4-8-6-7(3)9(5-2)11(8)10/h7-9H,4-6,10H2,1-3H3. The zero-order chi connectivity index (χ0) is 8.43. The second-order valence-electron chi connectivity index (χ2n) is 3.92. The van der Waals surface area contributed by atoms with Gasteiger partial charge in [-0.15, -0.1) is 0 Å². The zero-order valence-electron chi connectivity index (χ0n) is 8.30. The second kappa shape index (κ2) is 3.62. The Kier molecular flexibility index (Phi) is 3.00. The van der Waals surface area contributed by atoms with Crippen molar-refractivity contribution in [3.05, 3.63) is 0 Å². The maximum Gasteiger partial charge on any atom is 0.186 e. The van der Waals surface area contributed by atoms with Crippen LogP contribution < -0.4 is 0 Å². The molecule has 0 bridgehead atoms. The molecule has 1 rings (SSSR count). The monoisotopic (exact) mass is 153 g/mol. The average molecular weight is 153 g/mol. The summed E-state index contributed by atoms with van der Waals surface area (Å²) in [6.45, 7) is 6.99. The van der Waals surface area contributed by atoms with Gasteiger partial charge in [0.05, 0.1) is 0 Å². The van der Waals surface area contributed by atoms with Gasteiger partial charge in [0.1, 0.15) is 0 Å². The van der Waals surface area contributed by atoms with E-state index in [1.54, 1.807) is 0 Å². The predicted molar refractivity (Wildman–Crippen MR) is 52.3 cm³/mol. The first kappa shape index (κ1) is 9.12. The SMILES string of the molecule is BN1C(CC)CC(C)C1CC. The average Bonchev–Trinajstić information content (AvgIpc) is 2.26. The van der Waals surface area contributed by atoms with Gasteiger partial charge in [-0.2, -0.15) is 0 Å². The fourth-order valence-electron chi connectivity index (χ4n) is 2.57. The summed E-state index contributed by atoms with van der Waals surface area (Å²) in [5.41, 5.74) is 0. The topological polar surface area (TPSA) is 3.24 Å². The van der Waals surface area contributed by atoms with Crippen LogP contribution in [0.25, 0.3) is 0 Å². The van der Waals surface area contributed by atoms with E-state index in [1.807, 2.05) is 0 Å². The van der Waals surface area contributed by atoms with Crippen molar-refractivity contribution in [2.45, 2.75) is 52.1 Å². The highest BCUT2D eigenvalue weighted by atomic mass is 15.1. The van der Waals surface area contributed by atoms with Crippen LogP contribution in [0.3, 0.4) is 0 Å². The summed E-state index contributed by atoms with van der Waals surface area (Å²) in [7, 11) is 2.28. The van der Waals surface area contributed by atoms with Gasteiger partial charge < -0.3 is 4.81 Å². The van der Waals surface area contributed by atoms with Crippen LogP contribution in [0.1, 0.15) is 40.0 Å². The lowest BCUT2D eigenvalue weighted by atomic mass is 9.99. The van der Waals surface area contributed by atoms with Crippen LogP contribution in [0.15, 0.2) is 0 Å². The predicted octanol–water partition coefficient (Wildman–Crippen LogP) is 1.43. The van der Waals surface area contributed by atoms with Gasteiger partial charge in [-0.1, -0.05) is 20.8 Å². The Morgan fingerprint density at radius 2 is 2.00 bits per heavy atom. The van der Waals surface area contributed by atoms with Gasteiger partial charge in [0.25, 0.3) is 0 Å². The molecule has 2 heteroatoms. The Morgan fingerprint density at radius 3 is 2.27 bits per heavy atom. The lowest BCUT2D eigenvalue weighted by Gasteiger charge is -2.25. The first-order valence-electron chi connectivity index (χ1n) is 4.92. The molecule has 1 aliphatic rings. The van der Waals surface area contributed by atoms with Crippen molar-refractivity contribution in [1.29, 1.82) is 0 Å². The molecule has 0 saturated carbocycles. The Hall–Kier alpha value is 0.0249. The van der Waals surface area contributed by atoms with Crippen LogP contribution in [0, 0.1) is 5.92 Å². The van der Waals surface area contributed by atoms with Crippen molar-refractivity contribution in [3.63, 3.8) is 0 Å². The summed E-state index contributed by atoms with van der Waals surface area (Å²) in [6, 6.07) is 1.70. The van der Waals surface area contributed by atoms with Crippen molar-refractivity contribution in [2.75, 3.05) is 0 Å². The number of hydrogen-bond donors (Lipinski definition) is 0. The van der Waals surface area contributed by atoms with Gasteiger partial charge in [0, 0.05) is 6.04 Å². The quantitative estimate of drug-likeness (QED) is 0.542. The van der Waals surface area contributed by atoms with E-state index in [0.29, 0.717) is 0 Å². The molecule has 1 nitrogen and oxygen atoms in total. The van der Waals surface area contributed by atoms with Crippen molar-refractivity contribution in [1.82, 2.24) is 4.81 Å². The molecule has 0 aromatic carbocycles. The summed E-state index contributed by atoms with van der Waals surface area (Å²) < 4.78 is 0. The molecule has 0 aliphatic carbocycles. The molecule has 0 aromatic heterocycles. The van der Waals surface area contributed by atoms with Crippen LogP contribution >= 0.6 is 0 Å². The summed E-state index contributed by atoms with van der Waals surface area (Å²) in [4.78, 5) is 2.57. The van der Waals surface area contributed by atoms with Crippen LogP contribution in [-0.4, -0.2) is 24.9 Å². The molecule has 0 radical (unpaired) electrons. The number of hydrogen-bond acceptors (Lipinski definition) is 1. The molecule has 3 unspecified atom stereocenters. The summed E-state index contributed by atoms with van der Waals surface area (Å²) in [5.74, 6) is 0.912. The van der Waals surface area contributed by atoms with Crippen molar-refractivity contribution < 1.29 is 0 Å². The molecular weight excluding hydrogens is 133 g/mol. The molecule has 1 saturated heterocycles. The number of nitrogens with zero attached hydrogens (tertiary/aromatic N) is 1. The third-order valence-corrected chi connectivity index (χ3v) is 3.29. The lowest BCUT2D eigenvalue weighted by Crippen LogP contribution is -2.34. The first-order chi connectivity index (χ1) is 5.20. The molecule has 0 N–H and O–H groups in total. The van der Waals surface area contributed by atoms with E-state index in [9.17, 15) is 0 Å². The fourth-order valence-corrected chi connectivity index (χ4v) is 2.57. The first-order valence-corrected chi connectivity index (χ1v) is 4.92. The van der Waals surface area contributed by atoms with Crippen molar-refractivity contribution in [3.8, 4) is 0 Å². The summed E-state index contributed by atoms with van der Waals surface area (Å²) in [5, 5.41) is 0. The van der Waals surface area contributed by atoms with Crippen LogP contribution in [0.2, 0.25) is 0 Å². The van der Waals surface area contributed by atoms with E-state index in [4.69, 9.17) is 0 Å². The van der Waals surface area contributed by atoms with Crippen LogP contribution in [0.4, 0.5) is 0 Å². The van der Waals surface area contributed by atoms with E-state index in [0.717, 1.165) is 18.0 Å². The minimum Gasteiger partial charge on any atom is -0.343 e. The van der Waals surface area contributed by atoms with E-state index in [-0.39, 0.29) is 0 Å². The summed E-state index contributed by atoms with van der Waals surface area (Å²) >= 11 is 0. The smallest absolute Gasteiger partial charge is 0.186 e. The highest BCUT2D eigenvalue weighted by molar-refractivity contribution is 6.05. The Bertz CT molecular complexity index is 127. The molecule has 1 heterocycles. The maximum atomic E-state index is 2.57. The molecule has 64 valence electrons. The van der Waals surface area contributed by atoms with Crippen LogP contribution in [-0.2, 0) is 0 Å². The lowest BCUT2D eigenvalue weighted by molar-refractivity contribution is 0.309. The van der Waals surface area contributed by atoms with E-state index >= 15 is 0 Å². The number of rotatable bonds is 2. The molecule has 0 amide bonds. The molecule has 11 heavy (non-hydrogen) atoms. The van der Waals surface area contributed by atoms with E-state index in [1.165, 1.54) is 19.3 Å². The molecule has 0 aromatic rings. The molecule has 0 spiro atoms. The minimum absolute atomic E-state index is 0.847. The highest BCUT2D eigenvalue weighted by Gasteiger charge is 2.32. The molecule has 1 aliphatic heterocycles. The normalized spacial score (nSPS) is 39.7. The fraction of sp³-hybridized carbons (Fsp3) is 1.00. The van der Waals surface area contributed by atoms with Gasteiger partial charge in [0.2, 0.25) is 0 Å². The Morgan fingerprint density at radius 1 is 1.36 bits per heavy atom. The van der Waals surface area contributed by atoms with Crippen LogP contribution in [0.5, 0.6) is 0 Å². The minimum atomic E-state index is 0.847. The van der Waals surface area contributed by atoms with Crippen molar-refractivity contribution >= 4 is 7.98 Å². The molecular formula is C9H20BN. The van der Waals surface area contributed by atoms with Gasteiger partial charge in [-0.25, -0.2) is 0 Å². The van der Waals surface area contributed by atoms with Gasteiger partial charge in [-0.3, -0.25) is 0 Å². The highest BCUT2D eigenvalue weighted by Crippen LogP contribution is 2.30. The van der Waals surface area contributed by atoms with Gasteiger partial charge in [-0.05, 0) is 31.2 Å². The summed E-state index contributed by atoms with van der Waals surface area (Å²) in [6.07, 6.45) is 4.04. The molecule has 3 atom stereocenters. The Labute approximate surface area is 71.6 Å². The second-order valence-corrected chi connectivity index (χ2v) is 3.92. The molecule has 1 fully saturated rings. The van der Waals surface area contributed by atoms with Gasteiger partial charge >= 0.3 is 0 Å². The Balaban J connectivity index is 2.55. The van der Waals surface area contributed by atoms with E-state index < -0.39 is 0 Å². The van der Waals surface area contributed by atoms with E-state index in [2.05, 4.69) is 33.6 Å².